The third-order valence-corrected chi connectivity index (χ3v) is 2.75. The van der Waals surface area contributed by atoms with Crippen LogP contribution in [0.5, 0.6) is 0 Å². The first-order chi connectivity index (χ1) is 8.50. The van der Waals surface area contributed by atoms with Crippen molar-refractivity contribution >= 4 is 5.69 Å². The minimum Gasteiger partial charge on any atom is -0.394 e. The number of anilines is 1. The number of aliphatic hydroxyl groups is 1. The Morgan fingerprint density at radius 2 is 2.22 bits per heavy atom. The molecule has 0 aromatic carbocycles. The summed E-state index contributed by atoms with van der Waals surface area (Å²) in [4.78, 5) is 5.25. The monoisotopic (exact) mass is 262 g/mol. The molecule has 0 bridgehead atoms. The van der Waals surface area contributed by atoms with Crippen LogP contribution in [0.3, 0.4) is 0 Å². The predicted octanol–water partition coefficient (Wildman–Crippen LogP) is 1.30. The highest BCUT2D eigenvalue weighted by Gasteiger charge is 2.32. The lowest BCUT2D eigenvalue weighted by molar-refractivity contribution is -0.141. The molecule has 0 saturated carbocycles. The Bertz CT molecular complexity index is 394. The number of aliphatic hydroxyl groups excluding tert-OH is 1. The summed E-state index contributed by atoms with van der Waals surface area (Å²) in [6, 6.07) is 2.34. The molecule has 18 heavy (non-hydrogen) atoms. The van der Waals surface area contributed by atoms with Gasteiger partial charge in [-0.15, -0.1) is 0 Å². The highest BCUT2D eigenvalue weighted by atomic mass is 19.4. The van der Waals surface area contributed by atoms with Gasteiger partial charge in [0.15, 0.2) is 0 Å². The van der Waals surface area contributed by atoms with Gasteiger partial charge in [0.2, 0.25) is 0 Å². The Morgan fingerprint density at radius 1 is 1.44 bits per heavy atom. The molecule has 0 aliphatic carbocycles. The molecule has 1 fully saturated rings. The number of alkyl halides is 3. The highest BCUT2D eigenvalue weighted by molar-refractivity contribution is 5.45. The average molecular weight is 262 g/mol. The van der Waals surface area contributed by atoms with Gasteiger partial charge in [-0.05, 0) is 12.1 Å². The molecular weight excluding hydrogens is 249 g/mol. The Hall–Kier alpha value is -1.34. The highest BCUT2D eigenvalue weighted by Crippen LogP contribution is 2.28. The first kappa shape index (κ1) is 13.1. The molecule has 1 N–H and O–H groups in total. The largest absolute Gasteiger partial charge is 0.433 e. The lowest BCUT2D eigenvalue weighted by atomic mass is 10.2. The molecule has 1 aliphatic rings. The van der Waals surface area contributed by atoms with Crippen LogP contribution in [0.4, 0.5) is 18.9 Å². The number of halogens is 3. The zero-order valence-corrected chi connectivity index (χ0v) is 9.52. The number of morpholine rings is 1. The van der Waals surface area contributed by atoms with Crippen molar-refractivity contribution in [2.24, 2.45) is 0 Å². The summed E-state index contributed by atoms with van der Waals surface area (Å²) in [5, 5.41) is 8.99. The van der Waals surface area contributed by atoms with Crippen molar-refractivity contribution in [1.82, 2.24) is 4.98 Å². The number of hydrogen-bond donors (Lipinski definition) is 1. The Kier molecular flexibility index (Phi) is 3.72. The number of hydrogen-bond acceptors (Lipinski definition) is 4. The van der Waals surface area contributed by atoms with Crippen molar-refractivity contribution in [3.63, 3.8) is 0 Å². The molecule has 1 aromatic heterocycles. The summed E-state index contributed by atoms with van der Waals surface area (Å²) in [6.07, 6.45) is -3.53. The molecule has 0 amide bonds. The minimum absolute atomic E-state index is 0.107. The van der Waals surface area contributed by atoms with Crippen molar-refractivity contribution < 1.29 is 23.0 Å². The summed E-state index contributed by atoms with van der Waals surface area (Å²) >= 11 is 0. The van der Waals surface area contributed by atoms with Gasteiger partial charge in [-0.3, -0.25) is 0 Å². The lowest BCUT2D eigenvalue weighted by Gasteiger charge is -2.33. The van der Waals surface area contributed by atoms with Gasteiger partial charge in [0.1, 0.15) is 5.69 Å². The molecule has 2 rings (SSSR count). The maximum Gasteiger partial charge on any atom is 0.433 e. The van der Waals surface area contributed by atoms with E-state index in [1.165, 1.54) is 12.3 Å². The van der Waals surface area contributed by atoms with E-state index in [2.05, 4.69) is 4.98 Å². The van der Waals surface area contributed by atoms with E-state index in [-0.39, 0.29) is 12.7 Å². The minimum atomic E-state index is -4.42. The Labute approximate surface area is 102 Å². The van der Waals surface area contributed by atoms with E-state index in [0.717, 1.165) is 6.07 Å². The van der Waals surface area contributed by atoms with Crippen LogP contribution >= 0.6 is 0 Å². The molecule has 7 heteroatoms. The third kappa shape index (κ3) is 2.91. The third-order valence-electron chi connectivity index (χ3n) is 2.75. The molecule has 0 radical (unpaired) electrons. The van der Waals surface area contributed by atoms with Gasteiger partial charge in [-0.2, -0.15) is 13.2 Å². The van der Waals surface area contributed by atoms with E-state index in [1.54, 1.807) is 0 Å². The normalized spacial score (nSPS) is 21.1. The van der Waals surface area contributed by atoms with Crippen molar-refractivity contribution in [1.29, 1.82) is 0 Å². The first-order valence-corrected chi connectivity index (χ1v) is 5.51. The van der Waals surface area contributed by atoms with Crippen LogP contribution in [-0.2, 0) is 10.9 Å². The molecule has 4 nitrogen and oxygen atoms in total. The van der Waals surface area contributed by atoms with Crippen molar-refractivity contribution in [2.75, 3.05) is 31.2 Å². The second-order valence-electron chi connectivity index (χ2n) is 4.02. The molecular formula is C11H13F3N2O2. The SMILES string of the molecule is OC[C@@H]1CN(c2ccc(C(F)(F)F)nc2)CCO1. The van der Waals surface area contributed by atoms with Crippen LogP contribution < -0.4 is 4.90 Å². The maximum atomic E-state index is 12.3. The average Bonchev–Trinajstić information content (AvgIpc) is 2.38. The Morgan fingerprint density at radius 3 is 2.78 bits per heavy atom. The predicted molar refractivity (Wildman–Crippen MR) is 58.3 cm³/mol. The smallest absolute Gasteiger partial charge is 0.394 e. The standard InChI is InChI=1S/C11H13F3N2O2/c12-11(13,14)10-2-1-8(5-15-10)16-3-4-18-9(6-16)7-17/h1-2,5,9,17H,3-4,6-7H2/t9-/m0/s1. The van der Waals surface area contributed by atoms with Gasteiger partial charge in [0, 0.05) is 13.1 Å². The van der Waals surface area contributed by atoms with E-state index in [1.807, 2.05) is 4.90 Å². The van der Waals surface area contributed by atoms with Crippen LogP contribution in [0.1, 0.15) is 5.69 Å². The van der Waals surface area contributed by atoms with Crippen molar-refractivity contribution in [3.8, 4) is 0 Å². The molecule has 0 unspecified atom stereocenters. The van der Waals surface area contributed by atoms with Gasteiger partial charge >= 0.3 is 6.18 Å². The lowest BCUT2D eigenvalue weighted by Crippen LogP contribution is -2.44. The molecule has 100 valence electrons. The zero-order chi connectivity index (χ0) is 13.2. The van der Waals surface area contributed by atoms with E-state index in [0.29, 0.717) is 25.4 Å². The van der Waals surface area contributed by atoms with Crippen LogP contribution in [0, 0.1) is 0 Å². The fourth-order valence-corrected chi connectivity index (χ4v) is 1.81. The van der Waals surface area contributed by atoms with Crippen LogP contribution in [0.25, 0.3) is 0 Å². The molecule has 1 saturated heterocycles. The molecule has 1 aliphatic heterocycles. The van der Waals surface area contributed by atoms with Gasteiger partial charge in [-0.1, -0.05) is 0 Å². The van der Waals surface area contributed by atoms with E-state index < -0.39 is 11.9 Å². The summed E-state index contributed by atoms with van der Waals surface area (Å²) in [5.41, 5.74) is -0.303. The van der Waals surface area contributed by atoms with Gasteiger partial charge in [0.05, 0.1) is 31.2 Å². The molecule has 1 aromatic rings. The molecule has 1 atom stereocenters. The van der Waals surface area contributed by atoms with E-state index in [4.69, 9.17) is 9.84 Å². The van der Waals surface area contributed by atoms with Gasteiger partial charge in [0.25, 0.3) is 0 Å². The quantitative estimate of drug-likeness (QED) is 0.872. The fourth-order valence-electron chi connectivity index (χ4n) is 1.81. The second-order valence-corrected chi connectivity index (χ2v) is 4.02. The fraction of sp³-hybridized carbons (Fsp3) is 0.545. The maximum absolute atomic E-state index is 12.3. The van der Waals surface area contributed by atoms with Gasteiger partial charge < -0.3 is 14.7 Å². The van der Waals surface area contributed by atoms with Crippen LogP contribution in [-0.4, -0.2) is 42.5 Å². The number of ether oxygens (including phenoxy) is 1. The Balaban J connectivity index is 2.09. The van der Waals surface area contributed by atoms with Crippen LogP contribution in [0.15, 0.2) is 18.3 Å². The van der Waals surface area contributed by atoms with Crippen LogP contribution in [0.2, 0.25) is 0 Å². The first-order valence-electron chi connectivity index (χ1n) is 5.51. The number of aromatic nitrogens is 1. The number of rotatable bonds is 2. The van der Waals surface area contributed by atoms with Gasteiger partial charge in [-0.25, -0.2) is 4.98 Å². The topological polar surface area (TPSA) is 45.6 Å². The second kappa shape index (κ2) is 5.11. The molecule has 2 heterocycles. The summed E-state index contributed by atoms with van der Waals surface area (Å²) in [5.74, 6) is 0. The zero-order valence-electron chi connectivity index (χ0n) is 9.52. The summed E-state index contributed by atoms with van der Waals surface area (Å²) < 4.78 is 42.3. The number of pyridine rings is 1. The number of nitrogens with zero attached hydrogens (tertiary/aromatic N) is 2. The molecule has 0 spiro atoms. The van der Waals surface area contributed by atoms with Crippen molar-refractivity contribution in [2.45, 2.75) is 12.3 Å². The summed E-state index contributed by atoms with van der Waals surface area (Å²) in [6.45, 7) is 1.35. The van der Waals surface area contributed by atoms with Crippen molar-refractivity contribution in [3.05, 3.63) is 24.0 Å². The van der Waals surface area contributed by atoms with E-state index >= 15 is 0 Å². The summed E-state index contributed by atoms with van der Waals surface area (Å²) in [7, 11) is 0. The van der Waals surface area contributed by atoms with E-state index in [9.17, 15) is 13.2 Å².